The number of nitrogens with two attached hydrogens (primary N) is 2. The molecule has 0 unspecified atom stereocenters. The second kappa shape index (κ2) is 83.0. The third-order valence-electron chi connectivity index (χ3n) is 6.96. The fourth-order valence-electron chi connectivity index (χ4n) is 3.62. The first-order valence-corrected chi connectivity index (χ1v) is 35.2. The van der Waals surface area contributed by atoms with Crippen LogP contribution in [0.2, 0.25) is 0 Å². The fraction of sp³-hybridized carbons (Fsp3) is 0.429. The molecule has 6 heterocycles. The second-order valence-corrected chi connectivity index (χ2v) is 21.1. The monoisotopic (exact) mass is 1480 g/mol. The molecule has 0 radical (unpaired) electrons. The number of carbonyl (C=O) groups is 7. The number of thiazole rings is 6. The molecule has 1 amide bonds. The van der Waals surface area contributed by atoms with Crippen molar-refractivity contribution in [3.8, 4) is 0 Å². The quantitative estimate of drug-likeness (QED) is 0.0168. The number of alkyl halides is 1. The normalized spacial score (nSPS) is 8.41. The second-order valence-electron chi connectivity index (χ2n) is 14.7. The minimum atomic E-state index is -0.211. The van der Waals surface area contributed by atoms with Gasteiger partial charge in [0.05, 0.1) is 24.9 Å². The van der Waals surface area contributed by atoms with Gasteiger partial charge in [-0.25, -0.2) is 35.0 Å². The summed E-state index contributed by atoms with van der Waals surface area (Å²) >= 11 is 11.6. The smallest absolute Gasteiger partial charge is 0.302 e. The Morgan fingerprint density at radius 3 is 0.978 bits per heavy atom. The number of hydroxylamine groups is 2. The molecule has 1 aromatic carbocycles. The lowest BCUT2D eigenvalue weighted by Crippen LogP contribution is -2.21. The van der Waals surface area contributed by atoms with Gasteiger partial charge in [0.15, 0.2) is 48.3 Å². The van der Waals surface area contributed by atoms with E-state index in [0.717, 1.165) is 16.1 Å². The summed E-state index contributed by atoms with van der Waals surface area (Å²) in [4.78, 5) is 109. The van der Waals surface area contributed by atoms with E-state index in [1.54, 1.807) is 121 Å². The van der Waals surface area contributed by atoms with Crippen molar-refractivity contribution >= 4 is 136 Å². The highest BCUT2D eigenvalue weighted by molar-refractivity contribution is 9.09. The number of ether oxygens (including phenoxy) is 1. The van der Waals surface area contributed by atoms with Gasteiger partial charge in [-0.05, 0) is 32.9 Å². The third-order valence-corrected chi connectivity index (χ3v) is 11.7. The Morgan fingerprint density at radius 2 is 0.839 bits per heavy atom. The van der Waals surface area contributed by atoms with Crippen molar-refractivity contribution in [2.24, 2.45) is 16.5 Å². The molecule has 6 aromatic heterocycles. The molecular weight excluding hydrogens is 1370 g/mol. The number of ketones is 5. The van der Waals surface area contributed by atoms with Crippen LogP contribution in [0, 0.1) is 0 Å². The van der Waals surface area contributed by atoms with Crippen LogP contribution in [-0.2, 0) is 19.2 Å². The molecule has 0 spiro atoms. The van der Waals surface area contributed by atoms with Gasteiger partial charge in [-0.3, -0.25) is 43.4 Å². The predicted molar refractivity (Wildman–Crippen MR) is 397 cm³/mol. The number of para-hydroxylation sites is 1. The number of halogens is 1. The Hall–Kier alpha value is -7.00. The molecule has 7 rings (SSSR count). The summed E-state index contributed by atoms with van der Waals surface area (Å²) < 4.78 is 4.40. The van der Waals surface area contributed by atoms with Gasteiger partial charge in [0.25, 0.3) is 0 Å². The summed E-state index contributed by atoms with van der Waals surface area (Å²) in [7, 11) is 10.5. The van der Waals surface area contributed by atoms with Crippen LogP contribution in [-0.4, -0.2) is 169 Å². The maximum Gasteiger partial charge on any atom is 0.302 e. The molecule has 0 bridgehead atoms. The van der Waals surface area contributed by atoms with Crippen molar-refractivity contribution < 1.29 is 53.3 Å². The van der Waals surface area contributed by atoms with E-state index in [-0.39, 0.29) is 60.0 Å². The molecule has 30 heteroatoms. The Bertz CT molecular complexity index is 2550. The lowest BCUT2D eigenvalue weighted by molar-refractivity contribution is -0.165. The predicted octanol–water partition coefficient (Wildman–Crippen LogP) is 14.7. The first kappa shape index (κ1) is 105. The van der Waals surface area contributed by atoms with Crippen LogP contribution in [0.15, 0.2) is 135 Å². The van der Waals surface area contributed by atoms with Gasteiger partial charge < -0.3 is 36.2 Å². The van der Waals surface area contributed by atoms with Crippen molar-refractivity contribution in [2.45, 2.75) is 118 Å². The van der Waals surface area contributed by atoms with Crippen molar-refractivity contribution in [1.82, 2.24) is 44.8 Å². The number of guanidine groups is 1. The van der Waals surface area contributed by atoms with Crippen molar-refractivity contribution in [3.05, 3.63) is 155 Å². The van der Waals surface area contributed by atoms with E-state index in [1.807, 2.05) is 136 Å². The van der Waals surface area contributed by atoms with Gasteiger partial charge in [0, 0.05) is 182 Å². The van der Waals surface area contributed by atoms with Crippen LogP contribution in [0.3, 0.4) is 0 Å². The van der Waals surface area contributed by atoms with E-state index < -0.39 is 0 Å². The molecule has 0 aliphatic rings. The molecule has 0 fully saturated rings. The molecule has 93 heavy (non-hydrogen) atoms. The number of aromatic nitrogens is 6. The number of hydrogen-bond donors (Lipinski definition) is 4. The van der Waals surface area contributed by atoms with Crippen molar-refractivity contribution in [2.75, 3.05) is 67.5 Å². The first-order chi connectivity index (χ1) is 44.3. The van der Waals surface area contributed by atoms with E-state index in [9.17, 15) is 33.6 Å². The summed E-state index contributed by atoms with van der Waals surface area (Å²) in [5.41, 5.74) is 12.9. The Kier molecular flexibility index (Phi) is 93.5. The molecule has 526 valence electrons. The Balaban J connectivity index is -0.000000119. The van der Waals surface area contributed by atoms with E-state index in [1.165, 1.54) is 111 Å². The van der Waals surface area contributed by atoms with Gasteiger partial charge in [0.2, 0.25) is 17.5 Å². The highest BCUT2D eigenvalue weighted by Crippen LogP contribution is 2.09. The molecule has 0 aliphatic carbocycles. The number of aliphatic hydroxyl groups is 2. The third kappa shape index (κ3) is 83.0. The van der Waals surface area contributed by atoms with Crippen LogP contribution in [0.5, 0.6) is 0 Å². The Morgan fingerprint density at radius 1 is 0.538 bits per heavy atom. The summed E-state index contributed by atoms with van der Waals surface area (Å²) in [6.45, 7) is 31.5. The maximum absolute atomic E-state index is 11.2. The number of rotatable bonds is 12. The van der Waals surface area contributed by atoms with Gasteiger partial charge >= 0.3 is 5.97 Å². The Labute approximate surface area is 586 Å². The van der Waals surface area contributed by atoms with Crippen LogP contribution < -0.4 is 11.5 Å². The maximum atomic E-state index is 11.2. The van der Waals surface area contributed by atoms with E-state index in [4.69, 9.17) is 21.7 Å². The largest absolute Gasteiger partial charge is 0.466 e. The van der Waals surface area contributed by atoms with Crippen LogP contribution in [0.1, 0.15) is 167 Å². The van der Waals surface area contributed by atoms with Gasteiger partial charge in [0.1, 0.15) is 0 Å². The van der Waals surface area contributed by atoms with Crippen LogP contribution in [0.4, 0.5) is 5.69 Å². The molecule has 0 saturated heterocycles. The average molecular weight is 1480 g/mol. The lowest BCUT2D eigenvalue weighted by atomic mass is 10.3. The van der Waals surface area contributed by atoms with E-state index in [0.29, 0.717) is 31.6 Å². The van der Waals surface area contributed by atoms with E-state index >= 15 is 0 Å². The molecule has 0 atom stereocenters. The van der Waals surface area contributed by atoms with Gasteiger partial charge in [-0.1, -0.05) is 96.4 Å². The highest BCUT2D eigenvalue weighted by Gasteiger charge is 2.04. The molecular formula is C63H105BrN12O11S6. The topological polar surface area (TPSA) is 330 Å². The highest BCUT2D eigenvalue weighted by atomic mass is 79.9. The number of nitrogens with zero attached hydrogens (tertiary/aromatic N) is 10. The van der Waals surface area contributed by atoms with E-state index in [2.05, 4.69) is 60.4 Å². The standard InChI is InChI=1S/2C8H10N2OS.C7H9N3.3C5H5NOS.C4H9NO2.C4H8O2.C3H3NS.C2H5Br.2C2H6O.4C2H6/c2*1-10(2)5-3-7(11)8-9-4-6-12-8;8-7(9)10-6-4-2-1-3-5-6;3*1-4(7)5-6-2-3-8-5;1-4(6)5(2)7-3;1-3-6-4(2)5;1-2-5-3-4-1;3*1-2-3;4*1-2/h2*3-6H,1-2H3;1-5H,(H4,8,9,10);3*2-3H,1H3;1-3H3;3H2,1-2H3;1-3H;2H2,1H3;2*3H,2H2,1H3;4*1-2H3/b2*5-3+;;;;;;;;;;;;;;. The van der Waals surface area contributed by atoms with Crippen molar-refractivity contribution in [3.63, 3.8) is 0 Å². The van der Waals surface area contributed by atoms with Gasteiger partial charge in [-0.15, -0.1) is 68.0 Å². The number of allylic oxidation sites excluding steroid dienone is 2. The zero-order chi connectivity index (χ0) is 73.8. The summed E-state index contributed by atoms with van der Waals surface area (Å²) in [6.07, 6.45) is 16.3. The van der Waals surface area contributed by atoms with Crippen LogP contribution in [0.25, 0.3) is 0 Å². The number of hydrogen-bond acceptors (Lipinski definition) is 26. The minimum Gasteiger partial charge on any atom is -0.466 e. The number of aliphatic imine (C=N–C) groups is 1. The summed E-state index contributed by atoms with van der Waals surface area (Å²) in [6, 6.07) is 9.33. The molecule has 6 N–H and O–H groups in total. The fourth-order valence-corrected chi connectivity index (χ4v) is 6.70. The lowest BCUT2D eigenvalue weighted by Gasteiger charge is -2.08. The van der Waals surface area contributed by atoms with Gasteiger partial charge in [-0.2, -0.15) is 0 Å². The number of aliphatic hydroxyl groups excluding tert-OH is 2. The van der Waals surface area contributed by atoms with Crippen LogP contribution >= 0.6 is 84.0 Å². The number of carbonyl (C=O) groups excluding carboxylic acids is 7. The first-order valence-electron chi connectivity index (χ1n) is 28.7. The SMILES string of the molecule is CC.CC.CC.CC.CC(=O)c1nccs1.CC(=O)c1nccs1.CC(=O)c1nccs1.CCBr.CCO.CCO.CCOC(C)=O.CN(C)/C=C/C(=O)c1nccs1.CN(C)/C=C/C(=O)c1nccs1.CON(C)C(C)=O.NC(N)=Nc1ccccc1.c1cscn1. The summed E-state index contributed by atoms with van der Waals surface area (Å²) in [5, 5.41) is 31.1. The zero-order valence-corrected chi connectivity index (χ0v) is 65.0. The molecule has 0 saturated carbocycles. The minimum absolute atomic E-state index is 0.0417. The zero-order valence-electron chi connectivity index (χ0n) is 58.6. The number of Topliss-reactive ketones (excluding diaryl/α,β-unsaturated/α-hetero) is 3. The average Bonchev–Trinajstić information content (AvgIpc) is 3.88. The number of amides is 1. The molecule has 0 aliphatic heterocycles. The molecule has 23 nitrogen and oxygen atoms in total. The summed E-state index contributed by atoms with van der Waals surface area (Å²) in [5.74, 6) is -0.177. The molecule has 7 aromatic rings. The van der Waals surface area contributed by atoms with Crippen molar-refractivity contribution in [1.29, 1.82) is 0 Å². The number of benzene rings is 1. The number of esters is 1.